The standard InChI is InChI=1S/C19H24FN5O2/c1-14-23-17(13-18(24-14)25-8-10-27-11-9-25)21-6-7-22-19(26)12-15-2-4-16(20)5-3-15/h2-5,13H,6-12H2,1H3,(H,22,26)(H,21,23,24). The minimum atomic E-state index is -0.306. The van der Waals surface area contributed by atoms with Crippen LogP contribution in [-0.2, 0) is 16.0 Å². The molecule has 1 fully saturated rings. The first-order valence-electron chi connectivity index (χ1n) is 9.03. The minimum Gasteiger partial charge on any atom is -0.378 e. The van der Waals surface area contributed by atoms with Crippen molar-refractivity contribution in [3.63, 3.8) is 0 Å². The van der Waals surface area contributed by atoms with Crippen molar-refractivity contribution in [1.29, 1.82) is 0 Å². The molecule has 0 aliphatic carbocycles. The molecule has 1 saturated heterocycles. The molecule has 144 valence electrons. The molecule has 1 amide bonds. The Bertz CT molecular complexity index is 763. The summed E-state index contributed by atoms with van der Waals surface area (Å²) in [6.07, 6.45) is 0.230. The number of morpholine rings is 1. The SMILES string of the molecule is Cc1nc(NCCNC(=O)Cc2ccc(F)cc2)cc(N2CCOCC2)n1. The number of aromatic nitrogens is 2. The summed E-state index contributed by atoms with van der Waals surface area (Å²) in [4.78, 5) is 23.0. The van der Waals surface area contributed by atoms with Crippen LogP contribution < -0.4 is 15.5 Å². The Morgan fingerprint density at radius 1 is 1.19 bits per heavy atom. The molecule has 3 rings (SSSR count). The molecule has 0 unspecified atom stereocenters. The molecule has 2 heterocycles. The lowest BCUT2D eigenvalue weighted by Crippen LogP contribution is -2.37. The van der Waals surface area contributed by atoms with Gasteiger partial charge in [0.05, 0.1) is 19.6 Å². The van der Waals surface area contributed by atoms with Gasteiger partial charge in [-0.2, -0.15) is 0 Å². The van der Waals surface area contributed by atoms with Crippen LogP contribution in [0.25, 0.3) is 0 Å². The summed E-state index contributed by atoms with van der Waals surface area (Å²) in [6, 6.07) is 7.86. The van der Waals surface area contributed by atoms with E-state index in [4.69, 9.17) is 4.74 Å². The average molecular weight is 373 g/mol. The first kappa shape index (κ1) is 19.0. The van der Waals surface area contributed by atoms with E-state index < -0.39 is 0 Å². The number of amides is 1. The summed E-state index contributed by atoms with van der Waals surface area (Å²) in [5, 5.41) is 6.06. The number of hydrogen-bond acceptors (Lipinski definition) is 6. The second kappa shape index (κ2) is 9.27. The zero-order chi connectivity index (χ0) is 19.1. The van der Waals surface area contributed by atoms with Gasteiger partial charge in [-0.25, -0.2) is 14.4 Å². The largest absolute Gasteiger partial charge is 0.378 e. The first-order valence-corrected chi connectivity index (χ1v) is 9.03. The Hall–Kier alpha value is -2.74. The van der Waals surface area contributed by atoms with Gasteiger partial charge in [0.15, 0.2) is 0 Å². The summed E-state index contributed by atoms with van der Waals surface area (Å²) in [6.45, 7) is 5.91. The van der Waals surface area contributed by atoms with Crippen molar-refractivity contribution < 1.29 is 13.9 Å². The molecule has 1 aliphatic rings. The van der Waals surface area contributed by atoms with Crippen LogP contribution in [0.5, 0.6) is 0 Å². The van der Waals surface area contributed by atoms with E-state index in [0.29, 0.717) is 32.1 Å². The molecule has 0 saturated carbocycles. The lowest BCUT2D eigenvalue weighted by molar-refractivity contribution is -0.120. The van der Waals surface area contributed by atoms with Gasteiger partial charge < -0.3 is 20.3 Å². The topological polar surface area (TPSA) is 79.4 Å². The molecule has 1 aromatic carbocycles. The van der Waals surface area contributed by atoms with Crippen molar-refractivity contribution in [3.05, 3.63) is 47.5 Å². The normalized spacial score (nSPS) is 14.1. The van der Waals surface area contributed by atoms with Crippen molar-refractivity contribution in [3.8, 4) is 0 Å². The summed E-state index contributed by atoms with van der Waals surface area (Å²) in [5.74, 6) is 1.91. The van der Waals surface area contributed by atoms with Crippen molar-refractivity contribution >= 4 is 17.5 Å². The molecule has 0 spiro atoms. The highest BCUT2D eigenvalue weighted by atomic mass is 19.1. The Kier molecular flexibility index (Phi) is 6.54. The maximum absolute atomic E-state index is 12.9. The van der Waals surface area contributed by atoms with E-state index in [1.54, 1.807) is 12.1 Å². The molecule has 1 aromatic heterocycles. The van der Waals surface area contributed by atoms with E-state index in [2.05, 4.69) is 25.5 Å². The number of halogens is 1. The second-order valence-electron chi connectivity index (χ2n) is 6.34. The number of benzene rings is 1. The number of ether oxygens (including phenoxy) is 1. The monoisotopic (exact) mass is 373 g/mol. The van der Waals surface area contributed by atoms with E-state index in [9.17, 15) is 9.18 Å². The maximum atomic E-state index is 12.9. The fraction of sp³-hybridized carbons (Fsp3) is 0.421. The minimum absolute atomic E-state index is 0.101. The van der Waals surface area contributed by atoms with E-state index in [0.717, 1.165) is 30.3 Å². The van der Waals surface area contributed by atoms with Gasteiger partial charge in [-0.3, -0.25) is 4.79 Å². The van der Waals surface area contributed by atoms with Crippen LogP contribution in [0, 0.1) is 12.7 Å². The average Bonchev–Trinajstić information content (AvgIpc) is 2.67. The predicted molar refractivity (Wildman–Crippen MR) is 101 cm³/mol. The summed E-state index contributed by atoms with van der Waals surface area (Å²) >= 11 is 0. The smallest absolute Gasteiger partial charge is 0.224 e. The highest BCUT2D eigenvalue weighted by molar-refractivity contribution is 5.78. The molecule has 1 aliphatic heterocycles. The molecule has 0 bridgehead atoms. The third-order valence-electron chi connectivity index (χ3n) is 4.19. The number of nitrogens with one attached hydrogen (secondary N) is 2. The summed E-state index contributed by atoms with van der Waals surface area (Å²) < 4.78 is 18.3. The van der Waals surface area contributed by atoms with E-state index in [-0.39, 0.29) is 18.1 Å². The molecule has 2 N–H and O–H groups in total. The van der Waals surface area contributed by atoms with Gasteiger partial charge in [-0.1, -0.05) is 12.1 Å². The van der Waals surface area contributed by atoms with Gasteiger partial charge in [-0.05, 0) is 24.6 Å². The fourth-order valence-electron chi connectivity index (χ4n) is 2.84. The summed E-state index contributed by atoms with van der Waals surface area (Å²) in [5.41, 5.74) is 0.781. The zero-order valence-electron chi connectivity index (χ0n) is 15.4. The second-order valence-corrected chi connectivity index (χ2v) is 6.34. The van der Waals surface area contributed by atoms with E-state index >= 15 is 0 Å². The predicted octanol–water partition coefficient (Wildman–Crippen LogP) is 1.53. The van der Waals surface area contributed by atoms with Crippen molar-refractivity contribution in [2.45, 2.75) is 13.3 Å². The number of anilines is 2. The number of aryl methyl sites for hydroxylation is 1. The quantitative estimate of drug-likeness (QED) is 0.717. The number of rotatable bonds is 7. The number of hydrogen-bond donors (Lipinski definition) is 2. The Balaban J connectivity index is 1.45. The third-order valence-corrected chi connectivity index (χ3v) is 4.19. The van der Waals surface area contributed by atoms with Gasteiger partial charge in [0.25, 0.3) is 0 Å². The molecule has 0 atom stereocenters. The molecule has 27 heavy (non-hydrogen) atoms. The first-order chi connectivity index (χ1) is 13.1. The number of carbonyl (C=O) groups is 1. The lowest BCUT2D eigenvalue weighted by atomic mass is 10.1. The van der Waals surface area contributed by atoms with Crippen LogP contribution >= 0.6 is 0 Å². The summed E-state index contributed by atoms with van der Waals surface area (Å²) in [7, 11) is 0. The van der Waals surface area contributed by atoms with Gasteiger partial charge in [-0.15, -0.1) is 0 Å². The van der Waals surface area contributed by atoms with Crippen LogP contribution in [-0.4, -0.2) is 55.3 Å². The van der Waals surface area contributed by atoms with Gasteiger partial charge >= 0.3 is 0 Å². The van der Waals surface area contributed by atoms with Crippen molar-refractivity contribution in [2.24, 2.45) is 0 Å². The Morgan fingerprint density at radius 2 is 1.93 bits per heavy atom. The van der Waals surface area contributed by atoms with Crippen LogP contribution in [0.3, 0.4) is 0 Å². The van der Waals surface area contributed by atoms with Gasteiger partial charge in [0.2, 0.25) is 5.91 Å². The van der Waals surface area contributed by atoms with Gasteiger partial charge in [0, 0.05) is 32.2 Å². The van der Waals surface area contributed by atoms with E-state index in [1.807, 2.05) is 13.0 Å². The molecule has 2 aromatic rings. The zero-order valence-corrected chi connectivity index (χ0v) is 15.4. The molecule has 8 heteroatoms. The van der Waals surface area contributed by atoms with E-state index in [1.165, 1.54) is 12.1 Å². The highest BCUT2D eigenvalue weighted by Crippen LogP contribution is 2.16. The highest BCUT2D eigenvalue weighted by Gasteiger charge is 2.14. The van der Waals surface area contributed by atoms with Crippen molar-refractivity contribution in [1.82, 2.24) is 15.3 Å². The van der Waals surface area contributed by atoms with Crippen LogP contribution in [0.15, 0.2) is 30.3 Å². The van der Waals surface area contributed by atoms with Crippen LogP contribution in [0.2, 0.25) is 0 Å². The van der Waals surface area contributed by atoms with Gasteiger partial charge in [0.1, 0.15) is 23.3 Å². The van der Waals surface area contributed by atoms with Crippen LogP contribution in [0.1, 0.15) is 11.4 Å². The number of nitrogens with zero attached hydrogens (tertiary/aromatic N) is 3. The number of carbonyl (C=O) groups excluding carboxylic acids is 1. The Labute approximate surface area is 158 Å². The molecular weight excluding hydrogens is 349 g/mol. The molecule has 0 radical (unpaired) electrons. The lowest BCUT2D eigenvalue weighted by Gasteiger charge is -2.28. The molecule has 7 nitrogen and oxygen atoms in total. The third kappa shape index (κ3) is 5.89. The van der Waals surface area contributed by atoms with Crippen LogP contribution in [0.4, 0.5) is 16.0 Å². The van der Waals surface area contributed by atoms with Crippen molar-refractivity contribution in [2.75, 3.05) is 49.6 Å². The Morgan fingerprint density at radius 3 is 2.67 bits per heavy atom. The fourth-order valence-corrected chi connectivity index (χ4v) is 2.84. The molecular formula is C19H24FN5O2. The maximum Gasteiger partial charge on any atom is 0.224 e.